The van der Waals surface area contributed by atoms with Crippen molar-refractivity contribution >= 4 is 5.78 Å². The molecule has 0 aliphatic heterocycles. The summed E-state index contributed by atoms with van der Waals surface area (Å²) in [6, 6.07) is 1.97. The molecule has 1 atom stereocenters. The first-order chi connectivity index (χ1) is 6.19. The van der Waals surface area contributed by atoms with Gasteiger partial charge in [0.1, 0.15) is 5.92 Å². The Morgan fingerprint density at radius 3 is 2.92 bits per heavy atom. The van der Waals surface area contributed by atoms with E-state index in [1.165, 1.54) is 6.20 Å². The van der Waals surface area contributed by atoms with Crippen LogP contribution >= 0.6 is 0 Å². The normalized spacial score (nSPS) is 12.1. The molecule has 1 aromatic rings. The second-order valence-electron chi connectivity index (χ2n) is 2.86. The zero-order chi connectivity index (χ0) is 9.84. The van der Waals surface area contributed by atoms with Crippen LogP contribution in [0.1, 0.15) is 23.7 Å². The molecule has 1 aromatic heterocycles. The first kappa shape index (κ1) is 9.46. The maximum absolute atomic E-state index is 11.5. The summed E-state index contributed by atoms with van der Waals surface area (Å²) in [5.74, 6) is -0.678. The molecule has 1 unspecified atom stereocenters. The first-order valence-electron chi connectivity index (χ1n) is 4.11. The van der Waals surface area contributed by atoms with Gasteiger partial charge in [-0.05, 0) is 6.42 Å². The first-order valence-corrected chi connectivity index (χ1v) is 4.11. The molecule has 0 aliphatic carbocycles. The topological polar surface area (TPSA) is 58.7 Å². The average Bonchev–Trinajstić information content (AvgIpc) is 2.54. The smallest absolute Gasteiger partial charge is 0.183 e. The fourth-order valence-electron chi connectivity index (χ4n) is 1.08. The van der Waals surface area contributed by atoms with Gasteiger partial charge in [0.25, 0.3) is 0 Å². The van der Waals surface area contributed by atoms with Gasteiger partial charge in [-0.2, -0.15) is 10.4 Å². The number of ketones is 1. The number of aryl methyl sites for hydroxylation is 1. The van der Waals surface area contributed by atoms with Crippen molar-refractivity contribution in [3.63, 3.8) is 0 Å². The van der Waals surface area contributed by atoms with E-state index in [2.05, 4.69) is 5.10 Å². The highest BCUT2D eigenvalue weighted by Crippen LogP contribution is 2.10. The number of nitriles is 1. The van der Waals surface area contributed by atoms with Gasteiger partial charge in [-0.1, -0.05) is 6.92 Å². The minimum absolute atomic E-state index is 0.141. The van der Waals surface area contributed by atoms with Crippen LogP contribution in [-0.2, 0) is 7.05 Å². The van der Waals surface area contributed by atoms with Gasteiger partial charge in [-0.3, -0.25) is 9.48 Å². The molecule has 0 aliphatic rings. The minimum Gasteiger partial charge on any atom is -0.293 e. The van der Waals surface area contributed by atoms with Gasteiger partial charge in [0, 0.05) is 13.2 Å². The highest BCUT2D eigenvalue weighted by atomic mass is 16.1. The van der Waals surface area contributed by atoms with Crippen molar-refractivity contribution in [3.05, 3.63) is 18.0 Å². The van der Waals surface area contributed by atoms with E-state index in [0.29, 0.717) is 12.0 Å². The summed E-state index contributed by atoms with van der Waals surface area (Å²) in [6.45, 7) is 1.82. The Balaban J connectivity index is 2.85. The fraction of sp³-hybridized carbons (Fsp3) is 0.444. The number of Topliss-reactive ketones (excluding diaryl/α,β-unsaturated/α-hetero) is 1. The highest BCUT2D eigenvalue weighted by Gasteiger charge is 2.18. The second-order valence-corrected chi connectivity index (χ2v) is 2.86. The van der Waals surface area contributed by atoms with Crippen molar-refractivity contribution in [2.75, 3.05) is 0 Å². The maximum Gasteiger partial charge on any atom is 0.183 e. The molecule has 13 heavy (non-hydrogen) atoms. The third-order valence-electron chi connectivity index (χ3n) is 1.87. The van der Waals surface area contributed by atoms with E-state index in [9.17, 15) is 4.79 Å². The van der Waals surface area contributed by atoms with Crippen molar-refractivity contribution in [3.8, 4) is 6.07 Å². The Hall–Kier alpha value is -1.63. The van der Waals surface area contributed by atoms with Crippen LogP contribution in [0.4, 0.5) is 0 Å². The summed E-state index contributed by atoms with van der Waals surface area (Å²) in [5, 5.41) is 12.5. The zero-order valence-electron chi connectivity index (χ0n) is 7.69. The van der Waals surface area contributed by atoms with E-state index < -0.39 is 5.92 Å². The summed E-state index contributed by atoms with van der Waals surface area (Å²) in [5.41, 5.74) is 0.510. The van der Waals surface area contributed by atoms with Crippen LogP contribution in [0, 0.1) is 17.2 Å². The molecule has 0 aromatic carbocycles. The molecular formula is C9H11N3O. The van der Waals surface area contributed by atoms with Gasteiger partial charge >= 0.3 is 0 Å². The lowest BCUT2D eigenvalue weighted by Gasteiger charge is -2.00. The Kier molecular flexibility index (Phi) is 2.80. The van der Waals surface area contributed by atoms with E-state index in [1.807, 2.05) is 13.0 Å². The predicted molar refractivity (Wildman–Crippen MR) is 46.9 cm³/mol. The summed E-state index contributed by atoms with van der Waals surface area (Å²) in [7, 11) is 1.74. The van der Waals surface area contributed by atoms with Crippen molar-refractivity contribution in [1.82, 2.24) is 9.78 Å². The lowest BCUT2D eigenvalue weighted by atomic mass is 9.99. The van der Waals surface area contributed by atoms with E-state index in [4.69, 9.17) is 5.26 Å². The molecule has 0 N–H and O–H groups in total. The van der Waals surface area contributed by atoms with Crippen LogP contribution in [0.25, 0.3) is 0 Å². The van der Waals surface area contributed by atoms with Gasteiger partial charge in [0.15, 0.2) is 5.78 Å². The predicted octanol–water partition coefficient (Wildman–Crippen LogP) is 1.15. The number of nitrogens with zero attached hydrogens (tertiary/aromatic N) is 3. The number of carbonyl (C=O) groups is 1. The maximum atomic E-state index is 11.5. The van der Waals surface area contributed by atoms with E-state index in [1.54, 1.807) is 17.9 Å². The third-order valence-corrected chi connectivity index (χ3v) is 1.87. The van der Waals surface area contributed by atoms with E-state index in [-0.39, 0.29) is 5.78 Å². The molecule has 68 valence electrons. The van der Waals surface area contributed by atoms with E-state index in [0.717, 1.165) is 0 Å². The molecule has 0 bridgehead atoms. The van der Waals surface area contributed by atoms with Crippen LogP contribution in [0.3, 0.4) is 0 Å². The van der Waals surface area contributed by atoms with Crippen LogP contribution in [-0.4, -0.2) is 15.6 Å². The van der Waals surface area contributed by atoms with Crippen molar-refractivity contribution < 1.29 is 4.79 Å². The van der Waals surface area contributed by atoms with Crippen LogP contribution in [0.2, 0.25) is 0 Å². The summed E-state index contributed by atoms with van der Waals surface area (Å²) < 4.78 is 1.55. The summed E-state index contributed by atoms with van der Waals surface area (Å²) >= 11 is 0. The minimum atomic E-state index is -0.538. The average molecular weight is 177 g/mol. The Morgan fingerprint density at radius 1 is 1.85 bits per heavy atom. The molecule has 0 saturated heterocycles. The van der Waals surface area contributed by atoms with Crippen molar-refractivity contribution in [2.45, 2.75) is 13.3 Å². The Bertz CT molecular complexity index is 348. The highest BCUT2D eigenvalue weighted by molar-refractivity contribution is 5.98. The van der Waals surface area contributed by atoms with Crippen LogP contribution in [0.5, 0.6) is 0 Å². The molecule has 1 rings (SSSR count). The molecular weight excluding hydrogens is 166 g/mol. The molecule has 0 fully saturated rings. The monoisotopic (exact) mass is 177 g/mol. The fourth-order valence-corrected chi connectivity index (χ4v) is 1.08. The SMILES string of the molecule is CCC(C#N)C(=O)c1cnn(C)c1. The number of rotatable bonds is 3. The largest absolute Gasteiger partial charge is 0.293 e. The summed E-state index contributed by atoms with van der Waals surface area (Å²) in [6.07, 6.45) is 3.66. The number of hydrogen-bond donors (Lipinski definition) is 0. The van der Waals surface area contributed by atoms with Gasteiger partial charge in [0.2, 0.25) is 0 Å². The van der Waals surface area contributed by atoms with Crippen molar-refractivity contribution in [2.24, 2.45) is 13.0 Å². The molecule has 1 heterocycles. The standard InChI is InChI=1S/C9H11N3O/c1-3-7(4-10)9(13)8-5-11-12(2)6-8/h5-7H,3H2,1-2H3. The molecule has 4 heteroatoms. The van der Waals surface area contributed by atoms with Gasteiger partial charge < -0.3 is 0 Å². The van der Waals surface area contributed by atoms with Crippen LogP contribution in [0.15, 0.2) is 12.4 Å². The van der Waals surface area contributed by atoms with Gasteiger partial charge in [-0.15, -0.1) is 0 Å². The number of aromatic nitrogens is 2. The van der Waals surface area contributed by atoms with Gasteiger partial charge in [-0.25, -0.2) is 0 Å². The molecule has 0 radical (unpaired) electrons. The molecule has 0 spiro atoms. The molecule has 0 saturated carbocycles. The lowest BCUT2D eigenvalue weighted by Crippen LogP contribution is -2.10. The zero-order valence-corrected chi connectivity index (χ0v) is 7.69. The number of hydrogen-bond acceptors (Lipinski definition) is 3. The van der Waals surface area contributed by atoms with Crippen molar-refractivity contribution in [1.29, 1.82) is 5.26 Å². The molecule has 0 amide bonds. The van der Waals surface area contributed by atoms with Crippen LogP contribution < -0.4 is 0 Å². The Labute approximate surface area is 76.8 Å². The quantitative estimate of drug-likeness (QED) is 0.651. The summed E-state index contributed by atoms with van der Waals surface area (Å²) in [4.78, 5) is 11.5. The molecule has 4 nitrogen and oxygen atoms in total. The van der Waals surface area contributed by atoms with E-state index >= 15 is 0 Å². The lowest BCUT2D eigenvalue weighted by molar-refractivity contribution is 0.0946. The Morgan fingerprint density at radius 2 is 2.54 bits per heavy atom. The third kappa shape index (κ3) is 1.94. The second kappa shape index (κ2) is 3.85. The number of carbonyl (C=O) groups excluding carboxylic acids is 1. The van der Waals surface area contributed by atoms with Gasteiger partial charge in [0.05, 0.1) is 17.8 Å².